The molecule has 1 atom stereocenters. The molecule has 3 nitrogen and oxygen atoms in total. The Bertz CT molecular complexity index is 1230. The molecule has 1 N–H and O–H groups in total. The van der Waals surface area contributed by atoms with Gasteiger partial charge in [-0.15, -0.1) is 0 Å². The largest absolute Gasteiger partial charge is 0.324 e. The van der Waals surface area contributed by atoms with Gasteiger partial charge in [-0.2, -0.15) is 0 Å². The Morgan fingerprint density at radius 2 is 1.62 bits per heavy atom. The summed E-state index contributed by atoms with van der Waals surface area (Å²) < 4.78 is 13.7. The highest BCUT2D eigenvalue weighted by Crippen LogP contribution is 2.38. The van der Waals surface area contributed by atoms with Crippen molar-refractivity contribution in [1.29, 1.82) is 0 Å². The number of nitrogens with zero attached hydrogens (tertiary/aromatic N) is 1. The number of hydrogen-bond acceptors (Lipinski definition) is 2. The van der Waals surface area contributed by atoms with E-state index in [0.717, 1.165) is 34.0 Å². The molecule has 0 aliphatic carbocycles. The molecule has 162 valence electrons. The highest BCUT2D eigenvalue weighted by Gasteiger charge is 2.27. The lowest BCUT2D eigenvalue weighted by atomic mass is 9.83. The third-order valence-electron chi connectivity index (χ3n) is 6.20. The summed E-state index contributed by atoms with van der Waals surface area (Å²) in [6, 6.07) is 24.7. The zero-order valence-electron chi connectivity index (χ0n) is 18.6. The summed E-state index contributed by atoms with van der Waals surface area (Å²) in [6.07, 6.45) is 2.48. The molecule has 1 amide bonds. The van der Waals surface area contributed by atoms with Crippen LogP contribution in [0.1, 0.15) is 49.8 Å². The highest BCUT2D eigenvalue weighted by molar-refractivity contribution is 6.03. The number of nitrogens with one attached hydrogen (secondary N) is 1. The van der Waals surface area contributed by atoms with Gasteiger partial charge in [-0.1, -0.05) is 75.4 Å². The van der Waals surface area contributed by atoms with Gasteiger partial charge >= 0.3 is 0 Å². The average Bonchev–Trinajstić information content (AvgIpc) is 2.82. The summed E-state index contributed by atoms with van der Waals surface area (Å²) in [5.74, 6) is -0.387. The topological polar surface area (TPSA) is 42.0 Å². The molecule has 4 aromatic rings. The Balaban J connectivity index is 1.87. The van der Waals surface area contributed by atoms with E-state index in [4.69, 9.17) is 0 Å². The van der Waals surface area contributed by atoms with Crippen LogP contribution in [0.15, 0.2) is 85.1 Å². The molecule has 1 heterocycles. The van der Waals surface area contributed by atoms with E-state index in [-0.39, 0.29) is 17.6 Å². The summed E-state index contributed by atoms with van der Waals surface area (Å²) in [5.41, 5.74) is 4.12. The summed E-state index contributed by atoms with van der Waals surface area (Å²) >= 11 is 0. The molecule has 0 saturated carbocycles. The molecule has 0 fully saturated rings. The minimum atomic E-state index is -0.472. The second-order valence-corrected chi connectivity index (χ2v) is 8.69. The number of hydrogen-bond donors (Lipinski definition) is 1. The van der Waals surface area contributed by atoms with Crippen LogP contribution in [-0.2, 0) is 4.79 Å². The van der Waals surface area contributed by atoms with Crippen molar-refractivity contribution in [3.05, 3.63) is 108 Å². The lowest BCUT2D eigenvalue weighted by molar-refractivity contribution is -0.124. The summed E-state index contributed by atoms with van der Waals surface area (Å²) in [4.78, 5) is 17.4. The minimum absolute atomic E-state index is 0.0298. The van der Waals surface area contributed by atoms with Gasteiger partial charge < -0.3 is 5.32 Å². The number of pyridine rings is 1. The van der Waals surface area contributed by atoms with Gasteiger partial charge in [0, 0.05) is 22.9 Å². The second-order valence-electron chi connectivity index (χ2n) is 8.69. The van der Waals surface area contributed by atoms with Crippen LogP contribution in [0.25, 0.3) is 10.9 Å². The van der Waals surface area contributed by atoms with Crippen LogP contribution in [0.3, 0.4) is 0 Å². The van der Waals surface area contributed by atoms with Crippen LogP contribution in [0.4, 0.5) is 10.1 Å². The number of halogens is 1. The third kappa shape index (κ3) is 4.26. The van der Waals surface area contributed by atoms with E-state index in [1.165, 1.54) is 12.1 Å². The van der Waals surface area contributed by atoms with Crippen LogP contribution in [0.5, 0.6) is 0 Å². The van der Waals surface area contributed by atoms with Gasteiger partial charge in [0.05, 0.1) is 11.2 Å². The van der Waals surface area contributed by atoms with Crippen molar-refractivity contribution in [3.8, 4) is 0 Å². The molecule has 4 rings (SSSR count). The fourth-order valence-corrected chi connectivity index (χ4v) is 3.85. The molecular formula is C28H27FN2O. The predicted octanol–water partition coefficient (Wildman–Crippen LogP) is 6.93. The van der Waals surface area contributed by atoms with Crippen LogP contribution < -0.4 is 5.32 Å². The van der Waals surface area contributed by atoms with E-state index < -0.39 is 5.41 Å². The molecule has 32 heavy (non-hydrogen) atoms. The average molecular weight is 427 g/mol. The van der Waals surface area contributed by atoms with Gasteiger partial charge in [0.2, 0.25) is 5.91 Å². The van der Waals surface area contributed by atoms with E-state index in [0.29, 0.717) is 5.69 Å². The van der Waals surface area contributed by atoms with Crippen molar-refractivity contribution in [3.63, 3.8) is 0 Å². The SMILES string of the molecule is CCC(C)(C)C(=O)Nc1ccc(C(c2ccccc2)c2ccc(F)cc2)c2cccnc12. The maximum absolute atomic E-state index is 13.7. The van der Waals surface area contributed by atoms with Crippen molar-refractivity contribution in [1.82, 2.24) is 4.98 Å². The molecule has 0 radical (unpaired) electrons. The van der Waals surface area contributed by atoms with Crippen molar-refractivity contribution >= 4 is 22.5 Å². The Hall–Kier alpha value is -3.53. The van der Waals surface area contributed by atoms with Crippen molar-refractivity contribution < 1.29 is 9.18 Å². The van der Waals surface area contributed by atoms with Crippen LogP contribution in [0, 0.1) is 11.2 Å². The maximum atomic E-state index is 13.7. The molecule has 0 aliphatic rings. The Morgan fingerprint density at radius 1 is 0.938 bits per heavy atom. The number of carbonyl (C=O) groups is 1. The number of amides is 1. The van der Waals surface area contributed by atoms with E-state index >= 15 is 0 Å². The summed E-state index contributed by atoms with van der Waals surface area (Å²) in [5, 5.41) is 4.03. The minimum Gasteiger partial charge on any atom is -0.324 e. The number of rotatable bonds is 6. The van der Waals surface area contributed by atoms with Crippen molar-refractivity contribution in [2.75, 3.05) is 5.32 Å². The second kappa shape index (κ2) is 8.91. The molecule has 4 heteroatoms. The summed E-state index contributed by atoms with van der Waals surface area (Å²) in [6.45, 7) is 5.88. The van der Waals surface area contributed by atoms with Crippen LogP contribution >= 0.6 is 0 Å². The third-order valence-corrected chi connectivity index (χ3v) is 6.20. The van der Waals surface area contributed by atoms with Crippen LogP contribution in [-0.4, -0.2) is 10.9 Å². The Labute approximate surface area is 188 Å². The smallest absolute Gasteiger partial charge is 0.230 e. The molecule has 0 aliphatic heterocycles. The van der Waals surface area contributed by atoms with E-state index in [1.54, 1.807) is 6.20 Å². The lowest BCUT2D eigenvalue weighted by Gasteiger charge is -2.24. The van der Waals surface area contributed by atoms with E-state index in [2.05, 4.69) is 22.4 Å². The standard InChI is InChI=1S/C28H27FN2O/c1-4-28(2,3)27(32)31-24-17-16-22(23-11-8-18-30-26(23)24)25(19-9-6-5-7-10-19)20-12-14-21(29)15-13-20/h5-18,25H,4H2,1-3H3,(H,31,32). The van der Waals surface area contributed by atoms with Gasteiger partial charge in [-0.25, -0.2) is 4.39 Å². The van der Waals surface area contributed by atoms with E-state index in [9.17, 15) is 9.18 Å². The van der Waals surface area contributed by atoms with E-state index in [1.807, 2.05) is 75.4 Å². The number of anilines is 1. The molecule has 0 bridgehead atoms. The maximum Gasteiger partial charge on any atom is 0.230 e. The summed E-state index contributed by atoms with van der Waals surface area (Å²) in [7, 11) is 0. The van der Waals surface area contributed by atoms with Crippen molar-refractivity contribution in [2.24, 2.45) is 5.41 Å². The molecule has 0 spiro atoms. The molecule has 1 unspecified atom stereocenters. The predicted molar refractivity (Wildman–Crippen MR) is 128 cm³/mol. The number of benzene rings is 3. The number of aromatic nitrogens is 1. The first kappa shape index (κ1) is 21.7. The zero-order valence-corrected chi connectivity index (χ0v) is 18.6. The first-order valence-corrected chi connectivity index (χ1v) is 10.9. The van der Waals surface area contributed by atoms with Crippen molar-refractivity contribution in [2.45, 2.75) is 33.1 Å². The van der Waals surface area contributed by atoms with Gasteiger partial charge in [-0.3, -0.25) is 9.78 Å². The Kier molecular flexibility index (Phi) is 6.04. The quantitative estimate of drug-likeness (QED) is 0.340. The first-order valence-electron chi connectivity index (χ1n) is 10.9. The normalized spacial score (nSPS) is 12.5. The fourth-order valence-electron chi connectivity index (χ4n) is 3.85. The monoisotopic (exact) mass is 426 g/mol. The molecule has 1 aromatic heterocycles. The fraction of sp³-hybridized carbons (Fsp3) is 0.214. The van der Waals surface area contributed by atoms with Gasteiger partial charge in [0.25, 0.3) is 0 Å². The van der Waals surface area contributed by atoms with Gasteiger partial charge in [-0.05, 0) is 47.4 Å². The highest BCUT2D eigenvalue weighted by atomic mass is 19.1. The molecular weight excluding hydrogens is 399 g/mol. The first-order chi connectivity index (χ1) is 15.4. The Morgan fingerprint density at radius 3 is 2.31 bits per heavy atom. The zero-order chi connectivity index (χ0) is 22.7. The van der Waals surface area contributed by atoms with Gasteiger partial charge in [0.1, 0.15) is 5.82 Å². The van der Waals surface area contributed by atoms with Crippen LogP contribution in [0.2, 0.25) is 0 Å². The number of carbonyl (C=O) groups excluding carboxylic acids is 1. The number of fused-ring (bicyclic) bond motifs is 1. The lowest BCUT2D eigenvalue weighted by Crippen LogP contribution is -2.30. The van der Waals surface area contributed by atoms with Gasteiger partial charge in [0.15, 0.2) is 0 Å². The molecule has 0 saturated heterocycles. The molecule has 3 aromatic carbocycles.